The van der Waals surface area contributed by atoms with E-state index >= 15 is 0 Å². The van der Waals surface area contributed by atoms with Crippen LogP contribution in [0.5, 0.6) is 0 Å². The maximum atomic E-state index is 10.9. The second-order valence-electron chi connectivity index (χ2n) is 4.64. The van der Waals surface area contributed by atoms with Crippen LogP contribution in [0.2, 0.25) is 0 Å². The zero-order chi connectivity index (χ0) is 15.8. The van der Waals surface area contributed by atoms with Gasteiger partial charge in [0.1, 0.15) is 0 Å². The van der Waals surface area contributed by atoms with Crippen molar-refractivity contribution in [2.75, 3.05) is 18.9 Å². The fraction of sp³-hybridized carbons (Fsp3) is 0.111. The predicted molar refractivity (Wildman–Crippen MR) is 89.9 cm³/mol. The average molecular weight is 294 g/mol. The van der Waals surface area contributed by atoms with Gasteiger partial charge in [-0.15, -0.1) is 0 Å². The van der Waals surface area contributed by atoms with Gasteiger partial charge in [0.15, 0.2) is 0 Å². The normalized spacial score (nSPS) is 11.6. The molecule has 4 heteroatoms. The van der Waals surface area contributed by atoms with Gasteiger partial charge in [-0.1, -0.05) is 42.5 Å². The maximum absolute atomic E-state index is 10.9. The summed E-state index contributed by atoms with van der Waals surface area (Å²) in [6, 6.07) is 16.7. The summed E-state index contributed by atoms with van der Waals surface area (Å²) in [6.07, 6.45) is 3.91. The number of nitrogens with zero attached hydrogens (tertiary/aromatic N) is 1. The van der Waals surface area contributed by atoms with Gasteiger partial charge >= 0.3 is 5.97 Å². The molecule has 22 heavy (non-hydrogen) atoms. The topological polar surface area (TPSA) is 61.7 Å². The van der Waals surface area contributed by atoms with E-state index in [1.165, 1.54) is 0 Å². The molecule has 0 saturated carbocycles. The number of hydrogen-bond donors (Lipinski definition) is 2. The molecule has 4 nitrogen and oxygen atoms in total. The highest BCUT2D eigenvalue weighted by Crippen LogP contribution is 2.10. The van der Waals surface area contributed by atoms with Crippen molar-refractivity contribution in [2.24, 2.45) is 4.99 Å². The summed E-state index contributed by atoms with van der Waals surface area (Å²) in [5.41, 5.74) is 3.02. The highest BCUT2D eigenvalue weighted by molar-refractivity contribution is 6.08. The van der Waals surface area contributed by atoms with E-state index in [0.29, 0.717) is 6.54 Å². The van der Waals surface area contributed by atoms with E-state index in [-0.39, 0.29) is 5.56 Å². The van der Waals surface area contributed by atoms with Gasteiger partial charge in [-0.2, -0.15) is 0 Å². The zero-order valence-electron chi connectivity index (χ0n) is 12.4. The number of anilines is 1. The molecule has 0 bridgehead atoms. The van der Waals surface area contributed by atoms with Crippen LogP contribution in [0, 0.1) is 0 Å². The van der Waals surface area contributed by atoms with E-state index < -0.39 is 5.97 Å². The minimum Gasteiger partial charge on any atom is -0.478 e. The first-order valence-electron chi connectivity index (χ1n) is 6.96. The van der Waals surface area contributed by atoms with E-state index in [1.807, 2.05) is 48.6 Å². The number of aromatic carboxylic acids is 1. The van der Waals surface area contributed by atoms with Crippen LogP contribution in [0.15, 0.2) is 71.7 Å². The Bertz CT molecular complexity index is 691. The quantitative estimate of drug-likeness (QED) is 0.802. The molecule has 0 fully saturated rings. The first-order chi connectivity index (χ1) is 10.7. The summed E-state index contributed by atoms with van der Waals surface area (Å²) in [4.78, 5) is 15.2. The Morgan fingerprint density at radius 2 is 1.86 bits per heavy atom. The molecule has 2 aromatic carbocycles. The van der Waals surface area contributed by atoms with Crippen LogP contribution < -0.4 is 5.32 Å². The second kappa shape index (κ2) is 7.78. The van der Waals surface area contributed by atoms with Crippen molar-refractivity contribution in [1.82, 2.24) is 0 Å². The van der Waals surface area contributed by atoms with Gasteiger partial charge in [0.2, 0.25) is 0 Å². The number of aliphatic imine (C=N–C) groups is 1. The van der Waals surface area contributed by atoms with E-state index in [2.05, 4.69) is 10.3 Å². The molecule has 2 N–H and O–H groups in total. The third-order valence-corrected chi connectivity index (χ3v) is 3.12. The van der Waals surface area contributed by atoms with Crippen molar-refractivity contribution in [2.45, 2.75) is 0 Å². The number of carbonyl (C=O) groups is 1. The van der Waals surface area contributed by atoms with Crippen LogP contribution in [0.25, 0.3) is 0 Å². The minimum absolute atomic E-state index is 0.272. The fourth-order valence-electron chi connectivity index (χ4n) is 2.02. The lowest BCUT2D eigenvalue weighted by Gasteiger charge is -2.04. The van der Waals surface area contributed by atoms with Crippen molar-refractivity contribution < 1.29 is 9.90 Å². The van der Waals surface area contributed by atoms with Crippen LogP contribution in [-0.2, 0) is 0 Å². The standard InChI is InChI=1S/C18H18N2O2/c1-19-17(14-7-3-2-4-8-14)11-6-12-20-16-10-5-9-15(13-16)18(21)22/h2-11,13,20H,12H2,1H3,(H,21,22)/b11-6-,19-17?. The third-order valence-electron chi connectivity index (χ3n) is 3.12. The zero-order valence-corrected chi connectivity index (χ0v) is 12.4. The molecule has 0 aromatic heterocycles. The molecule has 0 amide bonds. The Labute approximate surface area is 129 Å². The van der Waals surface area contributed by atoms with E-state index in [9.17, 15) is 4.79 Å². The number of hydrogen-bond acceptors (Lipinski definition) is 3. The van der Waals surface area contributed by atoms with Crippen molar-refractivity contribution in [3.05, 3.63) is 77.9 Å². The number of carboxylic acid groups (broad SMARTS) is 1. The summed E-state index contributed by atoms with van der Waals surface area (Å²) in [5.74, 6) is -0.927. The molecule has 0 unspecified atom stereocenters. The van der Waals surface area contributed by atoms with Crippen molar-refractivity contribution in [1.29, 1.82) is 0 Å². The van der Waals surface area contributed by atoms with Gasteiger partial charge in [0.25, 0.3) is 0 Å². The molecule has 0 heterocycles. The predicted octanol–water partition coefficient (Wildman–Crippen LogP) is 3.47. The molecule has 2 aromatic rings. The Balaban J connectivity index is 1.95. The molecule has 0 radical (unpaired) electrons. The van der Waals surface area contributed by atoms with Crippen LogP contribution in [0.1, 0.15) is 15.9 Å². The number of nitrogens with one attached hydrogen (secondary N) is 1. The van der Waals surface area contributed by atoms with Gasteiger partial charge in [-0.3, -0.25) is 4.99 Å². The smallest absolute Gasteiger partial charge is 0.335 e. The Hall–Kier alpha value is -2.88. The SMILES string of the molecule is CN=C(/C=C\CNc1cccc(C(=O)O)c1)c1ccccc1. The average Bonchev–Trinajstić information content (AvgIpc) is 2.56. The van der Waals surface area contributed by atoms with Crippen LogP contribution in [0.4, 0.5) is 5.69 Å². The second-order valence-corrected chi connectivity index (χ2v) is 4.64. The molecule has 0 spiro atoms. The third kappa shape index (κ3) is 4.31. The van der Waals surface area contributed by atoms with E-state index in [0.717, 1.165) is 17.0 Å². The summed E-state index contributed by atoms with van der Waals surface area (Å²) < 4.78 is 0. The van der Waals surface area contributed by atoms with Crippen LogP contribution in [-0.4, -0.2) is 30.4 Å². The highest BCUT2D eigenvalue weighted by Gasteiger charge is 2.02. The summed E-state index contributed by atoms with van der Waals surface area (Å²) in [7, 11) is 1.76. The summed E-state index contributed by atoms with van der Waals surface area (Å²) >= 11 is 0. The number of carboxylic acids is 1. The van der Waals surface area contributed by atoms with Crippen molar-refractivity contribution in [3.8, 4) is 0 Å². The Morgan fingerprint density at radius 1 is 1.14 bits per heavy atom. The van der Waals surface area contributed by atoms with Gasteiger partial charge in [-0.25, -0.2) is 4.79 Å². The van der Waals surface area contributed by atoms with Crippen molar-refractivity contribution >= 4 is 17.4 Å². The Morgan fingerprint density at radius 3 is 2.55 bits per heavy atom. The van der Waals surface area contributed by atoms with Crippen LogP contribution in [0.3, 0.4) is 0 Å². The number of rotatable bonds is 6. The van der Waals surface area contributed by atoms with E-state index in [1.54, 1.807) is 25.2 Å². The molecule has 0 aliphatic heterocycles. The van der Waals surface area contributed by atoms with Gasteiger partial charge in [0.05, 0.1) is 11.3 Å². The molecule has 112 valence electrons. The minimum atomic E-state index is -0.927. The summed E-state index contributed by atoms with van der Waals surface area (Å²) in [5, 5.41) is 12.1. The number of benzene rings is 2. The molecule has 0 saturated heterocycles. The molecule has 0 aliphatic rings. The number of allylic oxidation sites excluding steroid dienone is 1. The first-order valence-corrected chi connectivity index (χ1v) is 6.96. The lowest BCUT2D eigenvalue weighted by atomic mass is 10.1. The first kappa shape index (κ1) is 15.5. The largest absolute Gasteiger partial charge is 0.478 e. The maximum Gasteiger partial charge on any atom is 0.335 e. The van der Waals surface area contributed by atoms with Gasteiger partial charge < -0.3 is 10.4 Å². The lowest BCUT2D eigenvalue weighted by molar-refractivity contribution is 0.0697. The molecule has 0 atom stereocenters. The lowest BCUT2D eigenvalue weighted by Crippen LogP contribution is -2.02. The highest BCUT2D eigenvalue weighted by atomic mass is 16.4. The van der Waals surface area contributed by atoms with E-state index in [4.69, 9.17) is 5.11 Å². The molecule has 0 aliphatic carbocycles. The van der Waals surface area contributed by atoms with Crippen LogP contribution >= 0.6 is 0 Å². The Kier molecular flexibility index (Phi) is 5.49. The fourth-order valence-corrected chi connectivity index (χ4v) is 2.02. The van der Waals surface area contributed by atoms with Gasteiger partial charge in [0, 0.05) is 19.3 Å². The molecular weight excluding hydrogens is 276 g/mol. The van der Waals surface area contributed by atoms with Crippen molar-refractivity contribution in [3.63, 3.8) is 0 Å². The molecule has 2 rings (SSSR count). The molecular formula is C18H18N2O2. The summed E-state index contributed by atoms with van der Waals surface area (Å²) in [6.45, 7) is 0.592. The van der Waals surface area contributed by atoms with Gasteiger partial charge in [-0.05, 0) is 29.8 Å². The monoisotopic (exact) mass is 294 g/mol.